The summed E-state index contributed by atoms with van der Waals surface area (Å²) in [5.74, 6) is 0.983. The van der Waals surface area contributed by atoms with Gasteiger partial charge in [-0.25, -0.2) is 4.98 Å². The van der Waals surface area contributed by atoms with Crippen LogP contribution < -0.4 is 10.6 Å². The lowest BCUT2D eigenvalue weighted by atomic mass is 10.2. The predicted molar refractivity (Wildman–Crippen MR) is 74.8 cm³/mol. The van der Waals surface area contributed by atoms with Gasteiger partial charge in [0, 0.05) is 24.8 Å². The summed E-state index contributed by atoms with van der Waals surface area (Å²) in [4.78, 5) is 9.58. The van der Waals surface area contributed by atoms with E-state index >= 15 is 0 Å². The van der Waals surface area contributed by atoms with E-state index in [1.165, 1.54) is 32.4 Å². The Bertz CT molecular complexity index is 426. The predicted octanol–water partition coefficient (Wildman–Crippen LogP) is 1.65. The molecule has 0 bridgehead atoms. The molecule has 18 heavy (non-hydrogen) atoms. The van der Waals surface area contributed by atoms with Crippen LogP contribution in [-0.2, 0) is 0 Å². The molecule has 0 aliphatic carbocycles. The monoisotopic (exact) mass is 246 g/mol. The van der Waals surface area contributed by atoms with Gasteiger partial charge in [0.05, 0.1) is 5.69 Å². The van der Waals surface area contributed by atoms with Gasteiger partial charge in [0.15, 0.2) is 5.82 Å². The highest BCUT2D eigenvalue weighted by atomic mass is 15.3. The van der Waals surface area contributed by atoms with Crippen LogP contribution in [0.2, 0.25) is 0 Å². The first-order chi connectivity index (χ1) is 8.74. The molecule has 1 aromatic heterocycles. The molecule has 2 fully saturated rings. The molecule has 3 rings (SSSR count). The summed E-state index contributed by atoms with van der Waals surface area (Å²) < 4.78 is 0. The zero-order chi connectivity index (χ0) is 12.5. The van der Waals surface area contributed by atoms with Gasteiger partial charge in [-0.05, 0) is 51.4 Å². The third-order valence-corrected chi connectivity index (χ3v) is 4.16. The standard InChI is InChI=1S/C14H22N4/c1-11-4-5-13(15)14(16-11)18-9-6-12(10-18)17-7-2-3-8-17/h4-5,12H,2-3,6-10,15H2,1H3. The number of hydrogen-bond acceptors (Lipinski definition) is 4. The van der Waals surface area contributed by atoms with Crippen LogP contribution in [-0.4, -0.2) is 42.1 Å². The van der Waals surface area contributed by atoms with Crippen LogP contribution in [0.15, 0.2) is 12.1 Å². The fourth-order valence-corrected chi connectivity index (χ4v) is 3.15. The van der Waals surface area contributed by atoms with Crippen LogP contribution >= 0.6 is 0 Å². The van der Waals surface area contributed by atoms with E-state index in [1.54, 1.807) is 0 Å². The largest absolute Gasteiger partial charge is 0.396 e. The zero-order valence-electron chi connectivity index (χ0n) is 11.1. The minimum atomic E-state index is 0.703. The number of rotatable bonds is 2. The number of anilines is 2. The lowest BCUT2D eigenvalue weighted by Gasteiger charge is -2.24. The van der Waals surface area contributed by atoms with Crippen molar-refractivity contribution < 1.29 is 0 Å². The van der Waals surface area contributed by atoms with Gasteiger partial charge in [-0.3, -0.25) is 4.90 Å². The molecule has 0 spiro atoms. The molecule has 4 heteroatoms. The highest BCUT2D eigenvalue weighted by Crippen LogP contribution is 2.27. The van der Waals surface area contributed by atoms with E-state index in [1.807, 2.05) is 19.1 Å². The Morgan fingerprint density at radius 2 is 2.00 bits per heavy atom. The van der Waals surface area contributed by atoms with Gasteiger partial charge in [-0.2, -0.15) is 0 Å². The van der Waals surface area contributed by atoms with Gasteiger partial charge in [0.2, 0.25) is 0 Å². The normalized spacial score (nSPS) is 24.9. The molecule has 1 unspecified atom stereocenters. The molecule has 0 aromatic carbocycles. The van der Waals surface area contributed by atoms with E-state index in [9.17, 15) is 0 Å². The van der Waals surface area contributed by atoms with E-state index in [2.05, 4.69) is 14.8 Å². The van der Waals surface area contributed by atoms with Crippen LogP contribution in [0.4, 0.5) is 11.5 Å². The van der Waals surface area contributed by atoms with Crippen molar-refractivity contribution in [3.05, 3.63) is 17.8 Å². The van der Waals surface area contributed by atoms with Gasteiger partial charge in [0.25, 0.3) is 0 Å². The third kappa shape index (κ3) is 2.17. The fraction of sp³-hybridized carbons (Fsp3) is 0.643. The van der Waals surface area contributed by atoms with Crippen molar-refractivity contribution >= 4 is 11.5 Å². The van der Waals surface area contributed by atoms with Crippen molar-refractivity contribution in [1.29, 1.82) is 0 Å². The van der Waals surface area contributed by atoms with E-state index in [0.29, 0.717) is 6.04 Å². The number of pyridine rings is 1. The van der Waals surface area contributed by atoms with Gasteiger partial charge in [0.1, 0.15) is 0 Å². The average molecular weight is 246 g/mol. The number of nitrogens with two attached hydrogens (primary N) is 1. The Balaban J connectivity index is 1.72. The maximum Gasteiger partial charge on any atom is 0.152 e. The molecule has 2 aliphatic rings. The Kier molecular flexibility index (Phi) is 3.12. The van der Waals surface area contributed by atoms with Crippen LogP contribution in [0.3, 0.4) is 0 Å². The third-order valence-electron chi connectivity index (χ3n) is 4.16. The second-order valence-electron chi connectivity index (χ2n) is 5.50. The van der Waals surface area contributed by atoms with Gasteiger partial charge in [-0.15, -0.1) is 0 Å². The molecule has 1 aromatic rings. The highest BCUT2D eigenvalue weighted by molar-refractivity contribution is 5.63. The summed E-state index contributed by atoms with van der Waals surface area (Å²) in [5.41, 5.74) is 7.90. The molecule has 3 heterocycles. The molecule has 1 atom stereocenters. The number of nitrogen functional groups attached to an aromatic ring is 1. The summed E-state index contributed by atoms with van der Waals surface area (Å²) in [7, 11) is 0. The maximum absolute atomic E-state index is 6.05. The van der Waals surface area contributed by atoms with Crippen molar-refractivity contribution in [2.45, 2.75) is 32.2 Å². The van der Waals surface area contributed by atoms with Crippen LogP contribution in [0, 0.1) is 6.92 Å². The molecular formula is C14H22N4. The first-order valence-electron chi connectivity index (χ1n) is 6.96. The van der Waals surface area contributed by atoms with Crippen LogP contribution in [0.5, 0.6) is 0 Å². The zero-order valence-corrected chi connectivity index (χ0v) is 11.1. The molecule has 2 saturated heterocycles. The fourth-order valence-electron chi connectivity index (χ4n) is 3.15. The number of hydrogen-bond donors (Lipinski definition) is 1. The molecule has 2 N–H and O–H groups in total. The van der Waals surface area contributed by atoms with E-state index in [-0.39, 0.29) is 0 Å². The minimum absolute atomic E-state index is 0.703. The van der Waals surface area contributed by atoms with Crippen molar-refractivity contribution in [2.75, 3.05) is 36.8 Å². The molecule has 0 amide bonds. The maximum atomic E-state index is 6.05. The van der Waals surface area contributed by atoms with Crippen molar-refractivity contribution in [3.8, 4) is 0 Å². The molecule has 0 saturated carbocycles. The van der Waals surface area contributed by atoms with E-state index in [0.717, 1.165) is 30.3 Å². The number of aromatic nitrogens is 1. The lowest BCUT2D eigenvalue weighted by molar-refractivity contribution is 0.260. The Labute approximate surface area is 109 Å². The second-order valence-corrected chi connectivity index (χ2v) is 5.50. The van der Waals surface area contributed by atoms with Gasteiger partial charge < -0.3 is 10.6 Å². The quantitative estimate of drug-likeness (QED) is 0.862. The van der Waals surface area contributed by atoms with Crippen LogP contribution in [0.1, 0.15) is 25.0 Å². The highest BCUT2D eigenvalue weighted by Gasteiger charge is 2.30. The summed E-state index contributed by atoms with van der Waals surface area (Å²) >= 11 is 0. The minimum Gasteiger partial charge on any atom is -0.396 e. The number of likely N-dealkylation sites (tertiary alicyclic amines) is 1. The summed E-state index contributed by atoms with van der Waals surface area (Å²) in [6.45, 7) is 6.74. The Morgan fingerprint density at radius 3 is 2.78 bits per heavy atom. The van der Waals surface area contributed by atoms with Gasteiger partial charge >= 0.3 is 0 Å². The second kappa shape index (κ2) is 4.76. The molecule has 4 nitrogen and oxygen atoms in total. The SMILES string of the molecule is Cc1ccc(N)c(N2CCC(N3CCCC3)C2)n1. The van der Waals surface area contributed by atoms with Crippen LogP contribution in [0.25, 0.3) is 0 Å². The Hall–Kier alpha value is -1.29. The number of nitrogens with zero attached hydrogens (tertiary/aromatic N) is 3. The summed E-state index contributed by atoms with van der Waals surface area (Å²) in [6.07, 6.45) is 3.97. The average Bonchev–Trinajstić information content (AvgIpc) is 3.00. The lowest BCUT2D eigenvalue weighted by Crippen LogP contribution is -2.35. The molecule has 2 aliphatic heterocycles. The molecule has 0 radical (unpaired) electrons. The van der Waals surface area contributed by atoms with Crippen molar-refractivity contribution in [2.24, 2.45) is 0 Å². The topological polar surface area (TPSA) is 45.4 Å². The van der Waals surface area contributed by atoms with Crippen molar-refractivity contribution in [3.63, 3.8) is 0 Å². The van der Waals surface area contributed by atoms with E-state index < -0.39 is 0 Å². The van der Waals surface area contributed by atoms with E-state index in [4.69, 9.17) is 5.73 Å². The summed E-state index contributed by atoms with van der Waals surface area (Å²) in [5, 5.41) is 0. The smallest absolute Gasteiger partial charge is 0.152 e. The van der Waals surface area contributed by atoms with Crippen molar-refractivity contribution in [1.82, 2.24) is 9.88 Å². The molecular weight excluding hydrogens is 224 g/mol. The first kappa shape index (κ1) is 11.8. The van der Waals surface area contributed by atoms with Gasteiger partial charge in [-0.1, -0.05) is 0 Å². The first-order valence-corrected chi connectivity index (χ1v) is 6.96. The Morgan fingerprint density at radius 1 is 1.22 bits per heavy atom. The number of aryl methyl sites for hydroxylation is 1. The molecule has 98 valence electrons. The summed E-state index contributed by atoms with van der Waals surface area (Å²) in [6, 6.07) is 4.66.